The third-order valence-corrected chi connectivity index (χ3v) is 6.63. The van der Waals surface area contributed by atoms with E-state index in [-0.39, 0.29) is 11.0 Å². The fraction of sp³-hybridized carbons (Fsp3) is 0.950. The molecule has 0 spiro atoms. The molecule has 3 nitrogen and oxygen atoms in total. The van der Waals surface area contributed by atoms with Gasteiger partial charge >= 0.3 is 0 Å². The molecule has 0 radical (unpaired) electrons. The molecule has 0 aliphatic heterocycles. The van der Waals surface area contributed by atoms with E-state index in [9.17, 15) is 4.79 Å². The second-order valence-electron chi connectivity index (χ2n) is 8.74. The molecule has 0 bridgehead atoms. The molecule has 2 fully saturated rings. The minimum atomic E-state index is -0.112. The Bertz CT molecular complexity index is 404. The largest absolute Gasteiger partial charge is 0.359 e. The molecule has 0 N–H and O–H groups in total. The van der Waals surface area contributed by atoms with Gasteiger partial charge in [-0.3, -0.25) is 4.79 Å². The number of hydrogen-bond donors (Lipinski definition) is 0. The van der Waals surface area contributed by atoms with Gasteiger partial charge < -0.3 is 9.47 Å². The summed E-state index contributed by atoms with van der Waals surface area (Å²) in [7, 11) is 1.67. The number of carbonyl (C=O) groups excluding carboxylic acids is 1. The zero-order chi connectivity index (χ0) is 17.1. The highest BCUT2D eigenvalue weighted by Crippen LogP contribution is 2.57. The summed E-state index contributed by atoms with van der Waals surface area (Å²) in [5.41, 5.74) is 0.162. The predicted octanol–water partition coefficient (Wildman–Crippen LogP) is 4.98. The predicted molar refractivity (Wildman–Crippen MR) is 93.2 cm³/mol. The summed E-state index contributed by atoms with van der Waals surface area (Å²) in [4.78, 5) is 12.3. The van der Waals surface area contributed by atoms with E-state index in [0.717, 1.165) is 31.6 Å². The highest BCUT2D eigenvalue weighted by atomic mass is 16.7. The van der Waals surface area contributed by atoms with Crippen LogP contribution in [0.25, 0.3) is 0 Å². The molecular weight excluding hydrogens is 288 g/mol. The van der Waals surface area contributed by atoms with Crippen LogP contribution in [0, 0.1) is 23.2 Å². The van der Waals surface area contributed by atoms with Crippen molar-refractivity contribution in [2.75, 3.05) is 13.9 Å². The third kappa shape index (κ3) is 4.36. The Morgan fingerprint density at radius 1 is 1.35 bits per heavy atom. The van der Waals surface area contributed by atoms with Crippen molar-refractivity contribution in [1.82, 2.24) is 0 Å². The molecule has 23 heavy (non-hydrogen) atoms. The molecule has 2 aliphatic rings. The van der Waals surface area contributed by atoms with Crippen LogP contribution in [0.4, 0.5) is 0 Å². The van der Waals surface area contributed by atoms with E-state index >= 15 is 0 Å². The first kappa shape index (κ1) is 18.9. The molecule has 4 atom stereocenters. The zero-order valence-corrected chi connectivity index (χ0v) is 15.8. The number of rotatable bonds is 8. The van der Waals surface area contributed by atoms with Gasteiger partial charge in [0.15, 0.2) is 0 Å². The fourth-order valence-corrected chi connectivity index (χ4v) is 5.25. The van der Waals surface area contributed by atoms with Gasteiger partial charge in [0.05, 0.1) is 5.60 Å². The lowest BCUT2D eigenvalue weighted by Gasteiger charge is -2.42. The van der Waals surface area contributed by atoms with E-state index in [1.54, 1.807) is 7.11 Å². The Morgan fingerprint density at radius 3 is 2.78 bits per heavy atom. The quantitative estimate of drug-likeness (QED) is 0.591. The van der Waals surface area contributed by atoms with Crippen molar-refractivity contribution >= 4 is 5.78 Å². The first-order chi connectivity index (χ1) is 10.8. The molecule has 0 aromatic rings. The van der Waals surface area contributed by atoms with Crippen LogP contribution in [0.5, 0.6) is 0 Å². The van der Waals surface area contributed by atoms with Gasteiger partial charge in [0.2, 0.25) is 0 Å². The highest BCUT2D eigenvalue weighted by molar-refractivity contribution is 5.83. The van der Waals surface area contributed by atoms with Crippen molar-refractivity contribution in [3.8, 4) is 0 Å². The Morgan fingerprint density at radius 2 is 2.09 bits per heavy atom. The third-order valence-electron chi connectivity index (χ3n) is 6.63. The Hall–Kier alpha value is -0.410. The molecule has 2 saturated carbocycles. The zero-order valence-electron chi connectivity index (χ0n) is 15.8. The van der Waals surface area contributed by atoms with Crippen LogP contribution in [0.1, 0.15) is 79.1 Å². The summed E-state index contributed by atoms with van der Waals surface area (Å²) in [6.07, 6.45) is 9.04. The molecule has 2 aliphatic carbocycles. The van der Waals surface area contributed by atoms with E-state index in [4.69, 9.17) is 9.47 Å². The summed E-state index contributed by atoms with van der Waals surface area (Å²) >= 11 is 0. The maximum atomic E-state index is 12.3. The van der Waals surface area contributed by atoms with Crippen LogP contribution in [-0.2, 0) is 14.3 Å². The first-order valence-corrected chi connectivity index (χ1v) is 9.46. The van der Waals surface area contributed by atoms with Crippen LogP contribution in [0.3, 0.4) is 0 Å². The van der Waals surface area contributed by atoms with Crippen molar-refractivity contribution in [3.05, 3.63) is 0 Å². The van der Waals surface area contributed by atoms with E-state index in [0.29, 0.717) is 24.4 Å². The van der Waals surface area contributed by atoms with Gasteiger partial charge in [0, 0.05) is 19.4 Å². The Labute approximate surface area is 142 Å². The molecule has 0 aromatic heterocycles. The van der Waals surface area contributed by atoms with Crippen molar-refractivity contribution in [2.45, 2.75) is 84.7 Å². The summed E-state index contributed by atoms with van der Waals surface area (Å²) < 4.78 is 10.8. The summed E-state index contributed by atoms with van der Waals surface area (Å²) in [5, 5.41) is 0. The normalized spacial score (nSPS) is 32.8. The lowest BCUT2D eigenvalue weighted by Crippen LogP contribution is -2.39. The Kier molecular flexibility index (Phi) is 6.29. The van der Waals surface area contributed by atoms with Crippen molar-refractivity contribution in [1.29, 1.82) is 0 Å². The second-order valence-corrected chi connectivity index (χ2v) is 8.74. The van der Waals surface area contributed by atoms with Crippen LogP contribution in [0.15, 0.2) is 0 Å². The maximum absolute atomic E-state index is 12.3. The molecule has 3 unspecified atom stereocenters. The first-order valence-electron chi connectivity index (χ1n) is 9.46. The number of Topliss-reactive ketones (excluding diaryl/α,β-unsaturated/α-hetero) is 1. The molecule has 3 heteroatoms. The summed E-state index contributed by atoms with van der Waals surface area (Å²) in [5.74, 6) is 2.32. The van der Waals surface area contributed by atoms with Crippen LogP contribution in [0.2, 0.25) is 0 Å². The van der Waals surface area contributed by atoms with Gasteiger partial charge in [0.1, 0.15) is 12.6 Å². The van der Waals surface area contributed by atoms with Crippen LogP contribution in [-0.4, -0.2) is 25.3 Å². The SMILES string of the molecule is COCOC(C)(C)CCC[C@@H](C)C1CCC2C(=O)CCCC21C. The maximum Gasteiger partial charge on any atom is 0.147 e. The average Bonchev–Trinajstić information content (AvgIpc) is 2.83. The van der Waals surface area contributed by atoms with E-state index in [1.807, 2.05) is 0 Å². The van der Waals surface area contributed by atoms with Gasteiger partial charge in [-0.25, -0.2) is 0 Å². The monoisotopic (exact) mass is 324 g/mol. The molecule has 0 heterocycles. The number of fused-ring (bicyclic) bond motifs is 1. The molecule has 0 saturated heterocycles. The van der Waals surface area contributed by atoms with Crippen LogP contribution < -0.4 is 0 Å². The van der Waals surface area contributed by atoms with Crippen LogP contribution >= 0.6 is 0 Å². The second kappa shape index (κ2) is 7.65. The number of carbonyl (C=O) groups is 1. The standard InChI is InChI=1S/C20H36O3/c1-15(8-6-12-19(2,3)23-14-22-5)16-10-11-17-18(21)9-7-13-20(16,17)4/h15-17H,6-14H2,1-5H3/t15-,16?,17?,20?/m1/s1. The minimum Gasteiger partial charge on any atom is -0.359 e. The van der Waals surface area contributed by atoms with Gasteiger partial charge in [-0.2, -0.15) is 0 Å². The summed E-state index contributed by atoms with van der Waals surface area (Å²) in [6.45, 7) is 9.45. The number of methoxy groups -OCH3 is 1. The smallest absolute Gasteiger partial charge is 0.147 e. The van der Waals surface area contributed by atoms with Gasteiger partial charge in [0.25, 0.3) is 0 Å². The van der Waals surface area contributed by atoms with Crippen molar-refractivity contribution in [3.63, 3.8) is 0 Å². The fourth-order valence-electron chi connectivity index (χ4n) is 5.25. The molecule has 0 aromatic carbocycles. The van der Waals surface area contributed by atoms with Crippen molar-refractivity contribution < 1.29 is 14.3 Å². The minimum absolute atomic E-state index is 0.112. The molecular formula is C20H36O3. The van der Waals surface area contributed by atoms with Gasteiger partial charge in [-0.1, -0.05) is 26.7 Å². The molecule has 134 valence electrons. The highest BCUT2D eigenvalue weighted by Gasteiger charge is 2.52. The molecule has 0 amide bonds. The van der Waals surface area contributed by atoms with E-state index in [2.05, 4.69) is 27.7 Å². The average molecular weight is 325 g/mol. The topological polar surface area (TPSA) is 35.5 Å². The molecule has 2 rings (SSSR count). The van der Waals surface area contributed by atoms with Gasteiger partial charge in [-0.15, -0.1) is 0 Å². The lowest BCUT2D eigenvalue weighted by molar-refractivity contribution is -0.130. The van der Waals surface area contributed by atoms with Gasteiger partial charge in [-0.05, 0) is 63.2 Å². The lowest BCUT2D eigenvalue weighted by atomic mass is 9.62. The Balaban J connectivity index is 1.84. The van der Waals surface area contributed by atoms with Crippen molar-refractivity contribution in [2.24, 2.45) is 23.2 Å². The number of ketones is 1. The van der Waals surface area contributed by atoms with E-state index < -0.39 is 0 Å². The summed E-state index contributed by atoms with van der Waals surface area (Å²) in [6, 6.07) is 0. The number of ether oxygens (including phenoxy) is 2. The van der Waals surface area contributed by atoms with E-state index in [1.165, 1.54) is 25.7 Å². The number of hydrogen-bond acceptors (Lipinski definition) is 3.